The molecule has 0 spiro atoms. The van der Waals surface area contributed by atoms with Gasteiger partial charge >= 0.3 is 13.7 Å². The Hall–Kier alpha value is -1.04. The largest absolute Gasteiger partial charge is 0.510 e. The molecule has 0 aliphatic carbocycles. The van der Waals surface area contributed by atoms with Crippen LogP contribution in [0.15, 0.2) is 11.6 Å². The Kier molecular flexibility index (Phi) is 8.15. The third-order valence-electron chi connectivity index (χ3n) is 2.55. The molecule has 22 heavy (non-hydrogen) atoms. The molecule has 0 saturated heterocycles. The zero-order valence-electron chi connectivity index (χ0n) is 14.4. The van der Waals surface area contributed by atoms with Gasteiger partial charge in [-0.25, -0.2) is 4.79 Å². The fraction of sp³-hybridized carbons (Fsp3) is 0.786. The summed E-state index contributed by atoms with van der Waals surface area (Å²) in [6.07, 6.45) is -0.225. The topological polar surface area (TPSA) is 94.1 Å². The van der Waals surface area contributed by atoms with Crippen molar-refractivity contribution >= 4 is 13.7 Å². The van der Waals surface area contributed by atoms with E-state index in [4.69, 9.17) is 13.8 Å². The van der Waals surface area contributed by atoms with Gasteiger partial charge in [-0.1, -0.05) is 13.8 Å². The van der Waals surface area contributed by atoms with Crippen LogP contribution in [0.25, 0.3) is 0 Å². The summed E-state index contributed by atoms with van der Waals surface area (Å²) >= 11 is 0. The van der Waals surface area contributed by atoms with Gasteiger partial charge in [0.2, 0.25) is 0 Å². The summed E-state index contributed by atoms with van der Waals surface area (Å²) in [5.74, 6) is 0.892. The standard InChI is InChI=1S/C14H28NO6P/c1-10(2)8-11(15-13(17)21-14(3,4)5)12(16)9-22(18,19-6)20-7/h9-11,16H,8H2,1-7H3,(H,15,17)/b12-9-/t11-/m0/s1. The molecule has 1 amide bonds. The lowest BCUT2D eigenvalue weighted by molar-refractivity contribution is 0.0495. The highest BCUT2D eigenvalue weighted by Crippen LogP contribution is 2.49. The molecule has 0 fully saturated rings. The van der Waals surface area contributed by atoms with Gasteiger partial charge in [-0.3, -0.25) is 4.57 Å². The molecule has 0 radical (unpaired) electrons. The molecule has 0 aliphatic rings. The Bertz CT molecular complexity index is 433. The van der Waals surface area contributed by atoms with E-state index in [0.717, 1.165) is 5.82 Å². The fourth-order valence-corrected chi connectivity index (χ4v) is 2.47. The lowest BCUT2D eigenvalue weighted by Crippen LogP contribution is -2.40. The number of alkyl carbamates (subject to hydrolysis) is 1. The molecule has 0 aromatic heterocycles. The van der Waals surface area contributed by atoms with Crippen molar-refractivity contribution in [2.75, 3.05) is 14.2 Å². The van der Waals surface area contributed by atoms with Crippen molar-refractivity contribution in [3.63, 3.8) is 0 Å². The SMILES string of the molecule is COP(=O)(/C=C(\O)[C@H](CC(C)C)NC(=O)OC(C)(C)C)OC. The molecule has 0 heterocycles. The third kappa shape index (κ3) is 8.41. The maximum atomic E-state index is 12.0. The Balaban J connectivity index is 5.17. The zero-order valence-corrected chi connectivity index (χ0v) is 15.3. The van der Waals surface area contributed by atoms with E-state index in [9.17, 15) is 14.5 Å². The minimum atomic E-state index is -3.52. The molecule has 0 saturated carbocycles. The maximum absolute atomic E-state index is 12.0. The number of aliphatic hydroxyl groups is 1. The van der Waals surface area contributed by atoms with E-state index in [0.29, 0.717) is 6.42 Å². The molecule has 0 aliphatic heterocycles. The van der Waals surface area contributed by atoms with Gasteiger partial charge in [0.05, 0.1) is 11.9 Å². The predicted octanol–water partition coefficient (Wildman–Crippen LogP) is 3.81. The Morgan fingerprint density at radius 2 is 1.77 bits per heavy atom. The van der Waals surface area contributed by atoms with E-state index >= 15 is 0 Å². The number of nitrogens with one attached hydrogen (secondary N) is 1. The van der Waals surface area contributed by atoms with Crippen LogP contribution in [-0.2, 0) is 18.3 Å². The van der Waals surface area contributed by atoms with Crippen molar-refractivity contribution in [3.8, 4) is 0 Å². The molecule has 0 aromatic carbocycles. The first-order valence-electron chi connectivity index (χ1n) is 7.05. The van der Waals surface area contributed by atoms with Gasteiger partial charge in [-0.05, 0) is 33.1 Å². The van der Waals surface area contributed by atoms with Gasteiger partial charge in [0.15, 0.2) is 0 Å². The molecular formula is C14H28NO6P. The molecular weight excluding hydrogens is 309 g/mol. The second-order valence-corrected chi connectivity index (χ2v) is 8.36. The van der Waals surface area contributed by atoms with Crippen molar-refractivity contribution < 1.29 is 28.3 Å². The first kappa shape index (κ1) is 21.0. The summed E-state index contributed by atoms with van der Waals surface area (Å²) < 4.78 is 26.7. The van der Waals surface area contributed by atoms with Crippen LogP contribution < -0.4 is 5.32 Å². The van der Waals surface area contributed by atoms with Gasteiger partial charge in [0, 0.05) is 14.2 Å². The quantitative estimate of drug-likeness (QED) is 0.542. The van der Waals surface area contributed by atoms with E-state index in [1.165, 1.54) is 14.2 Å². The first-order valence-corrected chi connectivity index (χ1v) is 8.66. The lowest BCUT2D eigenvalue weighted by atomic mass is 10.0. The Morgan fingerprint density at radius 1 is 1.27 bits per heavy atom. The first-order chi connectivity index (χ1) is 9.92. The Labute approximate surface area is 132 Å². The van der Waals surface area contributed by atoms with Crippen LogP contribution >= 0.6 is 7.60 Å². The van der Waals surface area contributed by atoms with Crippen LogP contribution in [0.2, 0.25) is 0 Å². The van der Waals surface area contributed by atoms with E-state index in [1.807, 2.05) is 13.8 Å². The average Bonchev–Trinajstić information content (AvgIpc) is 2.34. The normalized spacial score (nSPS) is 14.8. The number of ether oxygens (including phenoxy) is 1. The molecule has 2 N–H and O–H groups in total. The average molecular weight is 337 g/mol. The van der Waals surface area contributed by atoms with Crippen LogP contribution in [0.4, 0.5) is 4.79 Å². The van der Waals surface area contributed by atoms with E-state index in [-0.39, 0.29) is 11.7 Å². The molecule has 0 rings (SSSR count). The van der Waals surface area contributed by atoms with Gasteiger partial charge < -0.3 is 24.2 Å². The number of hydrogen-bond donors (Lipinski definition) is 2. The van der Waals surface area contributed by atoms with Crippen molar-refractivity contribution in [3.05, 3.63) is 11.6 Å². The third-order valence-corrected chi connectivity index (χ3v) is 4.15. The molecule has 0 unspecified atom stereocenters. The van der Waals surface area contributed by atoms with Gasteiger partial charge in [0.1, 0.15) is 11.4 Å². The zero-order chi connectivity index (χ0) is 17.6. The van der Waals surface area contributed by atoms with Crippen LogP contribution in [-0.4, -0.2) is 37.1 Å². The molecule has 1 atom stereocenters. The number of hydrogen-bond acceptors (Lipinski definition) is 6. The minimum absolute atomic E-state index is 0.181. The lowest BCUT2D eigenvalue weighted by Gasteiger charge is -2.24. The van der Waals surface area contributed by atoms with E-state index < -0.39 is 25.3 Å². The van der Waals surface area contributed by atoms with Gasteiger partial charge in [-0.15, -0.1) is 0 Å². The monoisotopic (exact) mass is 337 g/mol. The molecule has 0 aromatic rings. The van der Waals surface area contributed by atoms with Gasteiger partial charge in [-0.2, -0.15) is 0 Å². The van der Waals surface area contributed by atoms with E-state index in [2.05, 4.69) is 5.32 Å². The predicted molar refractivity (Wildman–Crippen MR) is 84.9 cm³/mol. The second kappa shape index (κ2) is 8.56. The Morgan fingerprint density at radius 3 is 2.14 bits per heavy atom. The van der Waals surface area contributed by atoms with Crippen LogP contribution in [0, 0.1) is 5.92 Å². The molecule has 130 valence electrons. The number of carbonyl (C=O) groups is 1. The highest BCUT2D eigenvalue weighted by molar-refractivity contribution is 7.57. The van der Waals surface area contributed by atoms with Gasteiger partial charge in [0.25, 0.3) is 0 Å². The summed E-state index contributed by atoms with van der Waals surface area (Å²) in [5, 5.41) is 12.7. The summed E-state index contributed by atoms with van der Waals surface area (Å²) in [7, 11) is -1.09. The maximum Gasteiger partial charge on any atom is 0.408 e. The number of amides is 1. The summed E-state index contributed by atoms with van der Waals surface area (Å²) in [6, 6.07) is -0.742. The highest BCUT2D eigenvalue weighted by Gasteiger charge is 2.26. The van der Waals surface area contributed by atoms with Crippen molar-refractivity contribution in [1.82, 2.24) is 5.32 Å². The van der Waals surface area contributed by atoms with Crippen molar-refractivity contribution in [2.45, 2.75) is 52.7 Å². The molecule has 0 bridgehead atoms. The summed E-state index contributed by atoms with van der Waals surface area (Å²) in [5.41, 5.74) is -0.653. The van der Waals surface area contributed by atoms with E-state index in [1.54, 1.807) is 20.8 Å². The highest BCUT2D eigenvalue weighted by atomic mass is 31.2. The second-order valence-electron chi connectivity index (χ2n) is 6.29. The van der Waals surface area contributed by atoms with Crippen LogP contribution in [0.3, 0.4) is 0 Å². The number of aliphatic hydroxyl groups excluding tert-OH is 1. The minimum Gasteiger partial charge on any atom is -0.510 e. The fourth-order valence-electron chi connectivity index (χ4n) is 1.61. The van der Waals surface area contributed by atoms with Crippen LogP contribution in [0.5, 0.6) is 0 Å². The summed E-state index contributed by atoms with van der Waals surface area (Å²) in [4.78, 5) is 11.9. The molecule has 7 nitrogen and oxygen atoms in total. The molecule has 8 heteroatoms. The number of carbonyl (C=O) groups excluding carboxylic acids is 1. The smallest absolute Gasteiger partial charge is 0.408 e. The number of rotatable bonds is 7. The summed E-state index contributed by atoms with van der Waals surface area (Å²) in [6.45, 7) is 9.09. The van der Waals surface area contributed by atoms with Crippen molar-refractivity contribution in [1.29, 1.82) is 0 Å². The van der Waals surface area contributed by atoms with Crippen molar-refractivity contribution in [2.24, 2.45) is 5.92 Å². The van der Waals surface area contributed by atoms with Crippen LogP contribution in [0.1, 0.15) is 41.0 Å².